The van der Waals surface area contributed by atoms with Crippen LogP contribution in [0.4, 0.5) is 0 Å². The molecular weight excluding hydrogens is 302 g/mol. The van der Waals surface area contributed by atoms with E-state index in [0.717, 1.165) is 11.3 Å². The van der Waals surface area contributed by atoms with Gasteiger partial charge in [-0.3, -0.25) is 4.79 Å². The lowest BCUT2D eigenvalue weighted by Gasteiger charge is -2.09. The fraction of sp³-hybridized carbons (Fsp3) is 0.235. The zero-order valence-electron chi connectivity index (χ0n) is 12.6. The van der Waals surface area contributed by atoms with Crippen molar-refractivity contribution in [1.29, 1.82) is 0 Å². The molecule has 0 fully saturated rings. The highest BCUT2D eigenvalue weighted by Crippen LogP contribution is 2.19. The molecule has 2 aromatic carbocycles. The number of rotatable bonds is 6. The summed E-state index contributed by atoms with van der Waals surface area (Å²) < 4.78 is 10.7. The molecule has 1 N–H and O–H groups in total. The van der Waals surface area contributed by atoms with E-state index >= 15 is 0 Å². The van der Waals surface area contributed by atoms with Gasteiger partial charge >= 0.3 is 0 Å². The molecule has 0 aliphatic rings. The first-order chi connectivity index (χ1) is 10.6. The van der Waals surface area contributed by atoms with Crippen LogP contribution in [0.3, 0.4) is 0 Å². The Hall–Kier alpha value is -2.20. The third-order valence-electron chi connectivity index (χ3n) is 3.07. The summed E-state index contributed by atoms with van der Waals surface area (Å²) in [5, 5.41) is 3.23. The number of halogens is 1. The first-order valence-electron chi connectivity index (χ1n) is 6.91. The molecular formula is C17H18ClNO3. The van der Waals surface area contributed by atoms with Gasteiger partial charge < -0.3 is 14.8 Å². The molecule has 0 saturated heterocycles. The maximum Gasteiger partial charge on any atom is 0.252 e. The predicted molar refractivity (Wildman–Crippen MR) is 87.0 cm³/mol. The fourth-order valence-electron chi connectivity index (χ4n) is 1.92. The van der Waals surface area contributed by atoms with Crippen LogP contribution in [0.2, 0.25) is 5.02 Å². The van der Waals surface area contributed by atoms with Crippen LogP contribution < -0.4 is 14.8 Å². The molecule has 22 heavy (non-hydrogen) atoms. The quantitative estimate of drug-likeness (QED) is 0.829. The van der Waals surface area contributed by atoms with Crippen molar-refractivity contribution in [3.05, 3.63) is 58.6 Å². The van der Waals surface area contributed by atoms with Gasteiger partial charge in [0.1, 0.15) is 18.1 Å². The Bertz CT molecular complexity index is 658. The number of aryl methyl sites for hydroxylation is 1. The Morgan fingerprint density at radius 3 is 2.68 bits per heavy atom. The van der Waals surface area contributed by atoms with Crippen LogP contribution in [0.25, 0.3) is 0 Å². The Morgan fingerprint density at radius 2 is 1.95 bits per heavy atom. The van der Waals surface area contributed by atoms with Gasteiger partial charge in [-0.2, -0.15) is 0 Å². The van der Waals surface area contributed by atoms with E-state index < -0.39 is 0 Å². The summed E-state index contributed by atoms with van der Waals surface area (Å²) in [5.74, 6) is 1.22. The molecule has 0 aliphatic carbocycles. The van der Waals surface area contributed by atoms with Gasteiger partial charge in [0.25, 0.3) is 5.91 Å². The molecule has 0 aliphatic heterocycles. The molecule has 0 aromatic heterocycles. The summed E-state index contributed by atoms with van der Waals surface area (Å²) in [7, 11) is 1.60. The lowest BCUT2D eigenvalue weighted by atomic mass is 10.1. The van der Waals surface area contributed by atoms with Gasteiger partial charge in [-0.1, -0.05) is 23.7 Å². The lowest BCUT2D eigenvalue weighted by molar-refractivity contribution is 0.0947. The van der Waals surface area contributed by atoms with Crippen molar-refractivity contribution >= 4 is 17.5 Å². The SMILES string of the molecule is COc1cccc(OCCNC(=O)c2ccc(C)cc2Cl)c1. The summed E-state index contributed by atoms with van der Waals surface area (Å²) in [4.78, 5) is 12.0. The highest BCUT2D eigenvalue weighted by Gasteiger charge is 2.09. The summed E-state index contributed by atoms with van der Waals surface area (Å²) >= 11 is 6.06. The van der Waals surface area contributed by atoms with Gasteiger partial charge in [-0.25, -0.2) is 0 Å². The number of amides is 1. The van der Waals surface area contributed by atoms with Crippen LogP contribution in [0.1, 0.15) is 15.9 Å². The van der Waals surface area contributed by atoms with E-state index in [1.165, 1.54) is 0 Å². The highest BCUT2D eigenvalue weighted by molar-refractivity contribution is 6.33. The summed E-state index contributed by atoms with van der Waals surface area (Å²) in [5.41, 5.74) is 1.48. The van der Waals surface area contributed by atoms with Gasteiger partial charge in [0.2, 0.25) is 0 Å². The van der Waals surface area contributed by atoms with E-state index in [1.54, 1.807) is 25.3 Å². The Balaban J connectivity index is 1.82. The number of methoxy groups -OCH3 is 1. The zero-order valence-corrected chi connectivity index (χ0v) is 13.3. The van der Waals surface area contributed by atoms with E-state index in [1.807, 2.05) is 31.2 Å². The smallest absolute Gasteiger partial charge is 0.252 e. The van der Waals surface area contributed by atoms with Gasteiger partial charge in [0.05, 0.1) is 24.2 Å². The van der Waals surface area contributed by atoms with Crippen molar-refractivity contribution in [1.82, 2.24) is 5.32 Å². The minimum absolute atomic E-state index is 0.209. The molecule has 0 heterocycles. The van der Waals surface area contributed by atoms with Crippen LogP contribution in [0.5, 0.6) is 11.5 Å². The molecule has 2 aromatic rings. The predicted octanol–water partition coefficient (Wildman–Crippen LogP) is 3.47. The van der Waals surface area contributed by atoms with E-state index in [4.69, 9.17) is 21.1 Å². The average molecular weight is 320 g/mol. The second kappa shape index (κ2) is 7.71. The summed E-state index contributed by atoms with van der Waals surface area (Å²) in [6, 6.07) is 12.7. The van der Waals surface area contributed by atoms with Crippen LogP contribution in [-0.2, 0) is 0 Å². The molecule has 1 amide bonds. The van der Waals surface area contributed by atoms with E-state index in [-0.39, 0.29) is 5.91 Å². The van der Waals surface area contributed by atoms with Gasteiger partial charge in [0.15, 0.2) is 0 Å². The number of carbonyl (C=O) groups excluding carboxylic acids is 1. The topological polar surface area (TPSA) is 47.6 Å². The van der Waals surface area contributed by atoms with Gasteiger partial charge in [0, 0.05) is 6.07 Å². The lowest BCUT2D eigenvalue weighted by Crippen LogP contribution is -2.28. The number of nitrogens with one attached hydrogen (secondary N) is 1. The molecule has 0 radical (unpaired) electrons. The van der Waals surface area contributed by atoms with Gasteiger partial charge in [-0.05, 0) is 36.8 Å². The zero-order chi connectivity index (χ0) is 15.9. The number of carbonyl (C=O) groups is 1. The van der Waals surface area contributed by atoms with E-state index in [9.17, 15) is 4.79 Å². The first kappa shape index (κ1) is 16.2. The molecule has 0 atom stereocenters. The Kier molecular flexibility index (Phi) is 5.67. The second-order valence-electron chi connectivity index (χ2n) is 4.77. The molecule has 0 bridgehead atoms. The number of benzene rings is 2. The molecule has 0 saturated carbocycles. The fourth-order valence-corrected chi connectivity index (χ4v) is 2.24. The molecule has 4 nitrogen and oxygen atoms in total. The van der Waals surface area contributed by atoms with Crippen molar-refractivity contribution in [3.8, 4) is 11.5 Å². The number of hydrogen-bond acceptors (Lipinski definition) is 3. The van der Waals surface area contributed by atoms with E-state index in [0.29, 0.717) is 29.5 Å². The second-order valence-corrected chi connectivity index (χ2v) is 5.17. The third-order valence-corrected chi connectivity index (χ3v) is 3.38. The minimum Gasteiger partial charge on any atom is -0.497 e. The summed E-state index contributed by atoms with van der Waals surface area (Å²) in [6.07, 6.45) is 0. The molecule has 5 heteroatoms. The van der Waals surface area contributed by atoms with E-state index in [2.05, 4.69) is 5.32 Å². The van der Waals surface area contributed by atoms with Gasteiger partial charge in [-0.15, -0.1) is 0 Å². The highest BCUT2D eigenvalue weighted by atomic mass is 35.5. The van der Waals surface area contributed by atoms with Crippen molar-refractivity contribution in [2.24, 2.45) is 0 Å². The van der Waals surface area contributed by atoms with Crippen LogP contribution >= 0.6 is 11.6 Å². The van der Waals surface area contributed by atoms with Crippen molar-refractivity contribution in [2.45, 2.75) is 6.92 Å². The number of ether oxygens (including phenoxy) is 2. The minimum atomic E-state index is -0.209. The number of hydrogen-bond donors (Lipinski definition) is 1. The molecule has 0 unspecified atom stereocenters. The van der Waals surface area contributed by atoms with Crippen molar-refractivity contribution < 1.29 is 14.3 Å². The average Bonchev–Trinajstić information content (AvgIpc) is 2.51. The van der Waals surface area contributed by atoms with Crippen molar-refractivity contribution in [2.75, 3.05) is 20.3 Å². The standard InChI is InChI=1S/C17H18ClNO3/c1-12-6-7-15(16(18)10-12)17(20)19-8-9-22-14-5-3-4-13(11-14)21-2/h3-7,10-11H,8-9H2,1-2H3,(H,19,20). The third kappa shape index (κ3) is 4.40. The van der Waals surface area contributed by atoms with Crippen LogP contribution in [0, 0.1) is 6.92 Å². The normalized spacial score (nSPS) is 10.1. The largest absolute Gasteiger partial charge is 0.497 e. The van der Waals surface area contributed by atoms with Crippen LogP contribution in [-0.4, -0.2) is 26.2 Å². The summed E-state index contributed by atoms with van der Waals surface area (Å²) in [6.45, 7) is 2.68. The molecule has 116 valence electrons. The molecule has 0 spiro atoms. The van der Waals surface area contributed by atoms with Crippen molar-refractivity contribution in [3.63, 3.8) is 0 Å². The van der Waals surface area contributed by atoms with Crippen LogP contribution in [0.15, 0.2) is 42.5 Å². The Labute approximate surface area is 135 Å². The Morgan fingerprint density at radius 1 is 1.18 bits per heavy atom. The maximum absolute atomic E-state index is 12.0. The maximum atomic E-state index is 12.0. The monoisotopic (exact) mass is 319 g/mol. The molecule has 2 rings (SSSR count). The first-order valence-corrected chi connectivity index (χ1v) is 7.29.